The van der Waals surface area contributed by atoms with Crippen molar-refractivity contribution in [2.24, 2.45) is 43.8 Å². The van der Waals surface area contributed by atoms with Crippen molar-refractivity contribution in [2.75, 3.05) is 11.4 Å². The van der Waals surface area contributed by atoms with Crippen LogP contribution in [-0.4, -0.2) is 53.2 Å². The van der Waals surface area contributed by atoms with Gasteiger partial charge in [-0.05, 0) is 102 Å². The van der Waals surface area contributed by atoms with Crippen LogP contribution in [0.2, 0.25) is 5.02 Å². The summed E-state index contributed by atoms with van der Waals surface area (Å²) in [6.07, 6.45) is 6.23. The molecule has 4 fully saturated rings. The first kappa shape index (κ1) is 30.7. The highest BCUT2D eigenvalue weighted by Crippen LogP contribution is 2.62. The quantitative estimate of drug-likeness (QED) is 0.400. The number of amides is 3. The van der Waals surface area contributed by atoms with Gasteiger partial charge < -0.3 is 15.1 Å². The summed E-state index contributed by atoms with van der Waals surface area (Å²) < 4.78 is 0. The van der Waals surface area contributed by atoms with E-state index in [1.165, 1.54) is 31.1 Å². The summed E-state index contributed by atoms with van der Waals surface area (Å²) in [5.74, 6) is 0.247. The molecule has 0 saturated heterocycles. The van der Waals surface area contributed by atoms with Crippen LogP contribution in [0.1, 0.15) is 74.2 Å². The topological polar surface area (TPSA) is 136 Å². The molecule has 3 amide bonds. The summed E-state index contributed by atoms with van der Waals surface area (Å²) in [6, 6.07) is 12.1. The number of benzene rings is 2. The minimum absolute atomic E-state index is 0.00504. The predicted molar refractivity (Wildman–Crippen MR) is 170 cm³/mol. The minimum atomic E-state index is -1.21. The van der Waals surface area contributed by atoms with Crippen molar-refractivity contribution < 1.29 is 19.2 Å². The lowest BCUT2D eigenvalue weighted by atomic mass is 9.48. The number of ketones is 1. The molecule has 0 radical (unpaired) electrons. The number of para-hydroxylation sites is 1. The fourth-order valence-corrected chi connectivity index (χ4v) is 9.49. The van der Waals surface area contributed by atoms with Crippen LogP contribution in [-0.2, 0) is 20.9 Å². The zero-order valence-corrected chi connectivity index (χ0v) is 26.6. The Kier molecular flexibility index (Phi) is 8.21. The Hall–Kier alpha value is -3.99. The fraction of sp³-hybridized carbons (Fsp3) is 0.529. The largest absolute Gasteiger partial charge is 0.350 e. The van der Waals surface area contributed by atoms with Crippen LogP contribution >= 0.6 is 11.6 Å². The zero-order valence-electron chi connectivity index (χ0n) is 25.8. The third kappa shape index (κ3) is 5.85. The number of fused-ring (bicyclic) bond motifs is 1. The molecule has 8 rings (SSSR count). The van der Waals surface area contributed by atoms with E-state index in [2.05, 4.69) is 26.0 Å². The van der Waals surface area contributed by atoms with Crippen molar-refractivity contribution in [3.8, 4) is 0 Å². The van der Waals surface area contributed by atoms with Crippen molar-refractivity contribution in [1.29, 1.82) is 0 Å². The molecule has 2 aromatic rings. The molecule has 4 aliphatic carbocycles. The molecule has 0 spiro atoms. The molecule has 1 N–H and O–H groups in total. The van der Waals surface area contributed by atoms with Crippen LogP contribution in [0.15, 0.2) is 69.2 Å². The van der Waals surface area contributed by atoms with Gasteiger partial charge in [0.1, 0.15) is 12.1 Å². The van der Waals surface area contributed by atoms with Crippen molar-refractivity contribution >= 4 is 40.8 Å². The van der Waals surface area contributed by atoms with Gasteiger partial charge in [0.15, 0.2) is 5.78 Å². The lowest BCUT2D eigenvalue weighted by Gasteiger charge is -2.58. The Balaban J connectivity index is 1.33. The number of nitrogens with one attached hydrogen (secondary N) is 1. The number of carbonyl (C=O) groups is 4. The summed E-state index contributed by atoms with van der Waals surface area (Å²) in [5, 5.41) is 18.0. The third-order valence-electron chi connectivity index (χ3n) is 10.7. The van der Waals surface area contributed by atoms with Crippen molar-refractivity contribution in [3.05, 3.63) is 64.7 Å². The molecular formula is C34H38ClN7O4. The van der Waals surface area contributed by atoms with Gasteiger partial charge in [-0.15, -0.1) is 10.2 Å². The fourth-order valence-electron chi connectivity index (χ4n) is 9.30. The first-order chi connectivity index (χ1) is 22.2. The molecule has 11 nitrogen and oxygen atoms in total. The normalized spacial score (nSPS) is 30.3. The maximum absolute atomic E-state index is 15.2. The van der Waals surface area contributed by atoms with Gasteiger partial charge in [0, 0.05) is 23.9 Å². The molecule has 2 atom stereocenters. The van der Waals surface area contributed by atoms with Crippen molar-refractivity contribution in [3.63, 3.8) is 0 Å². The molecule has 46 heavy (non-hydrogen) atoms. The van der Waals surface area contributed by atoms with Gasteiger partial charge in [-0.1, -0.05) is 41.9 Å². The van der Waals surface area contributed by atoms with Crippen LogP contribution in [0.5, 0.6) is 0 Å². The highest BCUT2D eigenvalue weighted by Gasteiger charge is 2.54. The Morgan fingerprint density at radius 3 is 2.22 bits per heavy atom. The van der Waals surface area contributed by atoms with E-state index in [-0.39, 0.29) is 36.6 Å². The molecule has 240 valence electrons. The van der Waals surface area contributed by atoms with E-state index in [0.29, 0.717) is 40.4 Å². The van der Waals surface area contributed by atoms with Gasteiger partial charge in [0.2, 0.25) is 23.9 Å². The molecule has 2 aromatic carbocycles. The highest BCUT2D eigenvalue weighted by molar-refractivity contribution is 6.31. The third-order valence-corrected chi connectivity index (χ3v) is 11.1. The number of Topliss-reactive ketones (excluding diaryl/α,β-unsaturated/α-hetero) is 1. The van der Waals surface area contributed by atoms with Gasteiger partial charge in [-0.25, -0.2) is 0 Å². The van der Waals surface area contributed by atoms with Crippen LogP contribution in [0.4, 0.5) is 5.69 Å². The number of anilines is 1. The van der Waals surface area contributed by atoms with E-state index in [1.807, 2.05) is 18.2 Å². The Morgan fingerprint density at radius 2 is 1.57 bits per heavy atom. The molecule has 12 heteroatoms. The first-order valence-electron chi connectivity index (χ1n) is 16.2. The number of hydrogen-bond acceptors (Lipinski definition) is 8. The monoisotopic (exact) mass is 643 g/mol. The predicted octanol–water partition coefficient (Wildman–Crippen LogP) is 5.93. The molecule has 0 unspecified atom stereocenters. The second-order valence-corrected chi connectivity index (χ2v) is 14.3. The lowest BCUT2D eigenvalue weighted by molar-refractivity contribution is -0.149. The maximum Gasteiger partial charge on any atom is 0.250 e. The summed E-state index contributed by atoms with van der Waals surface area (Å²) in [7, 11) is 0. The van der Waals surface area contributed by atoms with Gasteiger partial charge in [0.05, 0.1) is 18.8 Å². The standard InChI is InChI=1S/C34H38ClN7O4/c1-20(43)42-28(32(45)36-18-31-37-39-40-38-31)13-30(44)25-7-3-5-9-27(25)41(19-24-6-2-4-8-26(24)35)33(46)29(42)17-34-14-21-10-22(15-34)12-23(11-21)16-34/h2-9,21-23,28-29,31H,10-19H2,1H3,(H,36,45)/t21?,22?,23?,28-,29+,34?/m0/s1. The second kappa shape index (κ2) is 12.3. The summed E-state index contributed by atoms with van der Waals surface area (Å²) >= 11 is 6.61. The molecule has 4 bridgehead atoms. The number of hydrogen-bond donors (Lipinski definition) is 1. The highest BCUT2D eigenvalue weighted by atomic mass is 35.5. The Labute approximate surface area is 272 Å². The van der Waals surface area contributed by atoms with Crippen molar-refractivity contribution in [2.45, 2.75) is 83.1 Å². The molecule has 2 heterocycles. The van der Waals surface area contributed by atoms with Crippen LogP contribution in [0.3, 0.4) is 0 Å². The van der Waals surface area contributed by atoms with Crippen LogP contribution in [0, 0.1) is 23.2 Å². The average molecular weight is 644 g/mol. The van der Waals surface area contributed by atoms with E-state index < -0.39 is 30.1 Å². The summed E-state index contributed by atoms with van der Waals surface area (Å²) in [6.45, 7) is 1.50. The number of halogens is 1. The molecule has 6 aliphatic rings. The van der Waals surface area contributed by atoms with Crippen LogP contribution < -0.4 is 10.2 Å². The van der Waals surface area contributed by atoms with E-state index >= 15 is 4.79 Å². The van der Waals surface area contributed by atoms with Gasteiger partial charge in [-0.2, -0.15) is 0 Å². The molecule has 4 saturated carbocycles. The number of nitrogens with zero attached hydrogens (tertiary/aromatic N) is 6. The van der Waals surface area contributed by atoms with Gasteiger partial charge >= 0.3 is 0 Å². The summed E-state index contributed by atoms with van der Waals surface area (Å²) in [5.41, 5.74) is 1.38. The van der Waals surface area contributed by atoms with Gasteiger partial charge in [0.25, 0.3) is 0 Å². The van der Waals surface area contributed by atoms with E-state index in [9.17, 15) is 14.4 Å². The Bertz CT molecular complexity index is 1580. The van der Waals surface area contributed by atoms with E-state index in [1.54, 1.807) is 35.2 Å². The summed E-state index contributed by atoms with van der Waals surface area (Å²) in [4.78, 5) is 60.1. The average Bonchev–Trinajstić information content (AvgIpc) is 3.55. The van der Waals surface area contributed by atoms with E-state index in [0.717, 1.165) is 24.8 Å². The SMILES string of the molecule is CC(=O)N1[C@H](CC23CC4CC(CC(C4)C2)C3)C(=O)N(Cc2ccccc2Cl)c2ccccc2C(=O)C[C@H]1C(=O)NCC1N=NN=N1. The zero-order chi connectivity index (χ0) is 32.0. The Morgan fingerprint density at radius 1 is 0.935 bits per heavy atom. The number of rotatable bonds is 7. The minimum Gasteiger partial charge on any atom is -0.350 e. The number of carbonyl (C=O) groups excluding carboxylic acids is 4. The maximum atomic E-state index is 15.2. The second-order valence-electron chi connectivity index (χ2n) is 13.9. The van der Waals surface area contributed by atoms with E-state index in [4.69, 9.17) is 11.6 Å². The lowest BCUT2D eigenvalue weighted by Crippen LogP contribution is -2.60. The molecular weight excluding hydrogens is 606 g/mol. The first-order valence-corrected chi connectivity index (χ1v) is 16.6. The van der Waals surface area contributed by atoms with Crippen LogP contribution in [0.25, 0.3) is 0 Å². The smallest absolute Gasteiger partial charge is 0.250 e. The molecule has 2 aliphatic heterocycles. The van der Waals surface area contributed by atoms with Gasteiger partial charge in [-0.3, -0.25) is 19.2 Å². The van der Waals surface area contributed by atoms with Crippen molar-refractivity contribution in [1.82, 2.24) is 10.2 Å². The molecule has 0 aromatic heterocycles.